The molecule has 5 nitrogen and oxygen atoms in total. The Morgan fingerprint density at radius 2 is 1.31 bits per heavy atom. The van der Waals surface area contributed by atoms with Gasteiger partial charge in [0.1, 0.15) is 11.6 Å². The molecule has 0 aliphatic heterocycles. The SMILES string of the molecule is CCc1ccc(C(=O)N(Cc2ccc(F)cc2)Cc2ccc(OS(=O)(=O)CC)cc2)cc1. The number of nitrogens with zero attached hydrogens (tertiary/aromatic N) is 1. The first-order chi connectivity index (χ1) is 15.3. The third kappa shape index (κ3) is 6.40. The molecule has 3 aromatic rings. The first-order valence-corrected chi connectivity index (χ1v) is 12.0. The molecule has 0 radical (unpaired) electrons. The van der Waals surface area contributed by atoms with Crippen LogP contribution in [0.25, 0.3) is 0 Å². The zero-order chi connectivity index (χ0) is 23.1. The van der Waals surface area contributed by atoms with Crippen molar-refractivity contribution in [2.24, 2.45) is 0 Å². The molecule has 0 fully saturated rings. The van der Waals surface area contributed by atoms with Gasteiger partial charge in [-0.05, 0) is 66.4 Å². The first-order valence-electron chi connectivity index (χ1n) is 10.4. The van der Waals surface area contributed by atoms with Gasteiger partial charge in [0.25, 0.3) is 5.91 Å². The van der Waals surface area contributed by atoms with Gasteiger partial charge in [-0.2, -0.15) is 8.42 Å². The molecule has 0 spiro atoms. The van der Waals surface area contributed by atoms with Crippen molar-refractivity contribution in [2.45, 2.75) is 33.4 Å². The van der Waals surface area contributed by atoms with Crippen LogP contribution in [0.4, 0.5) is 4.39 Å². The van der Waals surface area contributed by atoms with Crippen molar-refractivity contribution in [3.63, 3.8) is 0 Å². The third-order valence-electron chi connectivity index (χ3n) is 5.06. The first kappa shape index (κ1) is 23.5. The van der Waals surface area contributed by atoms with Crippen LogP contribution in [0.2, 0.25) is 0 Å². The number of benzene rings is 3. The number of aryl methyl sites for hydroxylation is 1. The highest BCUT2D eigenvalue weighted by Gasteiger charge is 2.17. The van der Waals surface area contributed by atoms with Crippen LogP contribution < -0.4 is 4.18 Å². The number of hydrogen-bond acceptors (Lipinski definition) is 4. The Labute approximate surface area is 188 Å². The van der Waals surface area contributed by atoms with Crippen LogP contribution in [0, 0.1) is 5.82 Å². The summed E-state index contributed by atoms with van der Waals surface area (Å²) in [6.45, 7) is 4.16. The van der Waals surface area contributed by atoms with Crippen molar-refractivity contribution < 1.29 is 21.8 Å². The molecule has 32 heavy (non-hydrogen) atoms. The lowest BCUT2D eigenvalue weighted by atomic mass is 10.1. The molecule has 0 bridgehead atoms. The molecular formula is C25H26FNO4S. The van der Waals surface area contributed by atoms with E-state index >= 15 is 0 Å². The largest absolute Gasteiger partial charge is 0.382 e. The summed E-state index contributed by atoms with van der Waals surface area (Å²) in [4.78, 5) is 14.9. The second-order valence-electron chi connectivity index (χ2n) is 7.41. The van der Waals surface area contributed by atoms with Crippen LogP contribution in [0.3, 0.4) is 0 Å². The molecule has 168 valence electrons. The number of rotatable bonds is 9. The topological polar surface area (TPSA) is 63.7 Å². The fourth-order valence-electron chi connectivity index (χ4n) is 3.15. The van der Waals surface area contributed by atoms with E-state index in [1.165, 1.54) is 19.1 Å². The summed E-state index contributed by atoms with van der Waals surface area (Å²) in [5.74, 6) is -0.377. The average molecular weight is 456 g/mol. The molecule has 3 aromatic carbocycles. The van der Waals surface area contributed by atoms with E-state index in [0.29, 0.717) is 18.7 Å². The maximum Gasteiger partial charge on any atom is 0.308 e. The van der Waals surface area contributed by atoms with E-state index in [1.807, 2.05) is 24.3 Å². The highest BCUT2D eigenvalue weighted by molar-refractivity contribution is 7.87. The summed E-state index contributed by atoms with van der Waals surface area (Å²) >= 11 is 0. The van der Waals surface area contributed by atoms with E-state index in [1.54, 1.807) is 41.3 Å². The second-order valence-corrected chi connectivity index (χ2v) is 9.27. The molecule has 0 aliphatic rings. The summed E-state index contributed by atoms with van der Waals surface area (Å²) in [5, 5.41) is 0. The highest BCUT2D eigenvalue weighted by atomic mass is 32.2. The molecule has 0 saturated carbocycles. The van der Waals surface area contributed by atoms with Crippen LogP contribution in [0.1, 0.15) is 40.9 Å². The lowest BCUT2D eigenvalue weighted by molar-refractivity contribution is 0.0730. The zero-order valence-corrected chi connectivity index (χ0v) is 18.9. The smallest absolute Gasteiger partial charge is 0.308 e. The monoisotopic (exact) mass is 455 g/mol. The average Bonchev–Trinajstić information content (AvgIpc) is 2.80. The van der Waals surface area contributed by atoms with E-state index in [4.69, 9.17) is 4.18 Å². The number of carbonyl (C=O) groups is 1. The Morgan fingerprint density at radius 3 is 1.81 bits per heavy atom. The lowest BCUT2D eigenvalue weighted by Gasteiger charge is -2.23. The predicted octanol–water partition coefficient (Wildman–Crippen LogP) is 4.96. The van der Waals surface area contributed by atoms with Gasteiger partial charge in [0, 0.05) is 18.7 Å². The fourth-order valence-corrected chi connectivity index (χ4v) is 3.67. The molecular weight excluding hydrogens is 429 g/mol. The van der Waals surface area contributed by atoms with E-state index in [0.717, 1.165) is 23.1 Å². The second kappa shape index (κ2) is 10.4. The summed E-state index contributed by atoms with van der Waals surface area (Å²) < 4.78 is 41.6. The van der Waals surface area contributed by atoms with Gasteiger partial charge in [0.2, 0.25) is 0 Å². The quantitative estimate of drug-likeness (QED) is 0.428. The summed E-state index contributed by atoms with van der Waals surface area (Å²) in [7, 11) is -3.60. The Balaban J connectivity index is 1.82. The van der Waals surface area contributed by atoms with Crippen molar-refractivity contribution in [3.05, 3.63) is 101 Å². The van der Waals surface area contributed by atoms with Crippen molar-refractivity contribution >= 4 is 16.0 Å². The molecule has 0 atom stereocenters. The summed E-state index contributed by atoms with van der Waals surface area (Å²) in [6, 6.07) is 20.1. The van der Waals surface area contributed by atoms with Crippen LogP contribution in [-0.4, -0.2) is 25.0 Å². The van der Waals surface area contributed by atoms with E-state index in [-0.39, 0.29) is 23.2 Å². The maximum absolute atomic E-state index is 13.3. The number of amides is 1. The molecule has 3 rings (SSSR count). The van der Waals surface area contributed by atoms with Crippen molar-refractivity contribution in [1.29, 1.82) is 0 Å². The molecule has 0 unspecified atom stereocenters. The molecule has 0 saturated heterocycles. The normalized spacial score (nSPS) is 11.2. The predicted molar refractivity (Wildman–Crippen MR) is 122 cm³/mol. The van der Waals surface area contributed by atoms with Crippen LogP contribution in [-0.2, 0) is 29.6 Å². The molecule has 0 aromatic heterocycles. The fraction of sp³-hybridized carbons (Fsp3) is 0.240. The van der Waals surface area contributed by atoms with Crippen LogP contribution in [0.15, 0.2) is 72.8 Å². The van der Waals surface area contributed by atoms with E-state index in [9.17, 15) is 17.6 Å². The third-order valence-corrected chi connectivity index (χ3v) is 6.21. The van der Waals surface area contributed by atoms with Gasteiger partial charge < -0.3 is 9.08 Å². The number of hydrogen-bond donors (Lipinski definition) is 0. The van der Waals surface area contributed by atoms with Gasteiger partial charge in [0.05, 0.1) is 5.75 Å². The van der Waals surface area contributed by atoms with Gasteiger partial charge in [-0.15, -0.1) is 0 Å². The zero-order valence-electron chi connectivity index (χ0n) is 18.1. The Morgan fingerprint density at radius 1 is 0.812 bits per heavy atom. The van der Waals surface area contributed by atoms with Gasteiger partial charge in [-0.1, -0.05) is 43.3 Å². The highest BCUT2D eigenvalue weighted by Crippen LogP contribution is 2.19. The lowest BCUT2D eigenvalue weighted by Crippen LogP contribution is -2.30. The molecule has 0 heterocycles. The summed E-state index contributed by atoms with van der Waals surface area (Å²) in [6.07, 6.45) is 0.885. The minimum atomic E-state index is -3.60. The van der Waals surface area contributed by atoms with Crippen molar-refractivity contribution in [1.82, 2.24) is 4.90 Å². The molecule has 0 N–H and O–H groups in total. The standard InChI is InChI=1S/C25H26FNO4S/c1-3-19-5-11-22(12-6-19)25(28)27(17-20-7-13-23(26)14-8-20)18-21-9-15-24(16-10-21)31-32(29,30)4-2/h5-16H,3-4,17-18H2,1-2H3. The van der Waals surface area contributed by atoms with Gasteiger partial charge in [-0.3, -0.25) is 4.79 Å². The van der Waals surface area contributed by atoms with Gasteiger partial charge in [0.15, 0.2) is 0 Å². The molecule has 7 heteroatoms. The van der Waals surface area contributed by atoms with Gasteiger partial charge >= 0.3 is 10.1 Å². The summed E-state index contributed by atoms with van der Waals surface area (Å²) in [5.41, 5.74) is 3.33. The van der Waals surface area contributed by atoms with Crippen LogP contribution in [0.5, 0.6) is 5.75 Å². The molecule has 1 amide bonds. The van der Waals surface area contributed by atoms with E-state index in [2.05, 4.69) is 6.92 Å². The Bertz CT molecular complexity index is 1140. The Hall–Kier alpha value is -3.19. The van der Waals surface area contributed by atoms with E-state index < -0.39 is 10.1 Å². The molecule has 0 aliphatic carbocycles. The van der Waals surface area contributed by atoms with Crippen LogP contribution >= 0.6 is 0 Å². The minimum Gasteiger partial charge on any atom is -0.382 e. The number of carbonyl (C=O) groups excluding carboxylic acids is 1. The minimum absolute atomic E-state index is 0.120. The van der Waals surface area contributed by atoms with Gasteiger partial charge in [-0.25, -0.2) is 4.39 Å². The van der Waals surface area contributed by atoms with Crippen molar-refractivity contribution in [2.75, 3.05) is 5.75 Å². The Kier molecular flexibility index (Phi) is 7.64. The maximum atomic E-state index is 13.3. The number of halogens is 1. The van der Waals surface area contributed by atoms with Crippen molar-refractivity contribution in [3.8, 4) is 5.75 Å².